The molecule has 4 aliphatic rings. The van der Waals surface area contributed by atoms with Crippen LogP contribution in [0.3, 0.4) is 0 Å². The number of amides is 1. The van der Waals surface area contributed by atoms with Crippen molar-refractivity contribution in [1.29, 1.82) is 0 Å². The standard InChI is InChI=1S/C19H26N2O/c1-18(2,16-4-3-5-20-12-16)21-17(22)19-9-13-6-14(10-19)8-15(7-13)11-19/h3-5,12-15H,6-11H2,1-2H3,(H,21,22). The van der Waals surface area contributed by atoms with Crippen molar-refractivity contribution in [2.75, 3.05) is 0 Å². The molecule has 1 amide bonds. The van der Waals surface area contributed by atoms with Gasteiger partial charge >= 0.3 is 0 Å². The molecule has 0 atom stereocenters. The van der Waals surface area contributed by atoms with Gasteiger partial charge in [0.15, 0.2) is 0 Å². The zero-order valence-corrected chi connectivity index (χ0v) is 13.6. The number of hydrogen-bond acceptors (Lipinski definition) is 2. The minimum Gasteiger partial charge on any atom is -0.347 e. The first-order chi connectivity index (χ1) is 10.5. The first kappa shape index (κ1) is 14.2. The highest BCUT2D eigenvalue weighted by atomic mass is 16.2. The topological polar surface area (TPSA) is 42.0 Å². The monoisotopic (exact) mass is 298 g/mol. The summed E-state index contributed by atoms with van der Waals surface area (Å²) in [6.07, 6.45) is 11.1. The molecule has 4 saturated carbocycles. The number of carbonyl (C=O) groups is 1. The minimum atomic E-state index is -0.353. The van der Waals surface area contributed by atoms with Crippen LogP contribution in [0.25, 0.3) is 0 Å². The quantitative estimate of drug-likeness (QED) is 0.925. The number of aromatic nitrogens is 1. The predicted molar refractivity (Wildman–Crippen MR) is 86.0 cm³/mol. The highest BCUT2D eigenvalue weighted by molar-refractivity contribution is 5.84. The van der Waals surface area contributed by atoms with Crippen LogP contribution in [0.1, 0.15) is 57.9 Å². The summed E-state index contributed by atoms with van der Waals surface area (Å²) in [6.45, 7) is 4.17. The van der Waals surface area contributed by atoms with Crippen molar-refractivity contribution in [2.45, 2.75) is 57.9 Å². The number of pyridine rings is 1. The third-order valence-corrected chi connectivity index (χ3v) is 6.33. The van der Waals surface area contributed by atoms with E-state index in [1.807, 2.05) is 18.3 Å². The van der Waals surface area contributed by atoms with Crippen LogP contribution in [0.4, 0.5) is 0 Å². The molecule has 3 nitrogen and oxygen atoms in total. The summed E-state index contributed by atoms with van der Waals surface area (Å²) in [5.41, 5.74) is 0.649. The first-order valence-corrected chi connectivity index (χ1v) is 8.70. The normalized spacial score (nSPS) is 36.4. The van der Waals surface area contributed by atoms with Crippen molar-refractivity contribution in [3.8, 4) is 0 Å². The molecule has 118 valence electrons. The fourth-order valence-electron chi connectivity index (χ4n) is 5.61. The molecule has 0 unspecified atom stereocenters. The molecule has 4 fully saturated rings. The van der Waals surface area contributed by atoms with Crippen molar-refractivity contribution < 1.29 is 4.79 Å². The molecule has 0 spiro atoms. The molecule has 1 aromatic heterocycles. The van der Waals surface area contributed by atoms with E-state index in [1.165, 1.54) is 19.3 Å². The minimum absolute atomic E-state index is 0.0752. The van der Waals surface area contributed by atoms with Gasteiger partial charge in [0.25, 0.3) is 0 Å². The highest BCUT2D eigenvalue weighted by Gasteiger charge is 2.55. The molecule has 3 heteroatoms. The molecule has 1 N–H and O–H groups in total. The van der Waals surface area contributed by atoms with Gasteiger partial charge in [0, 0.05) is 17.8 Å². The summed E-state index contributed by atoms with van der Waals surface area (Å²) in [5.74, 6) is 2.70. The van der Waals surface area contributed by atoms with Gasteiger partial charge < -0.3 is 5.32 Å². The SMILES string of the molecule is CC(C)(NC(=O)C12CC3CC(CC(C3)C1)C2)c1cccnc1. The second-order valence-electron chi connectivity index (χ2n) is 8.52. The molecule has 1 aromatic rings. The molecule has 1 heterocycles. The third kappa shape index (κ3) is 2.26. The summed E-state index contributed by atoms with van der Waals surface area (Å²) in [7, 11) is 0. The molecule has 0 aliphatic heterocycles. The summed E-state index contributed by atoms with van der Waals surface area (Å²) in [5, 5.41) is 3.35. The van der Waals surface area contributed by atoms with Gasteiger partial charge in [-0.15, -0.1) is 0 Å². The van der Waals surface area contributed by atoms with Crippen molar-refractivity contribution in [3.63, 3.8) is 0 Å². The van der Waals surface area contributed by atoms with Crippen LogP contribution in [0.15, 0.2) is 24.5 Å². The molecule has 22 heavy (non-hydrogen) atoms. The van der Waals surface area contributed by atoms with Gasteiger partial charge in [0.2, 0.25) is 5.91 Å². The van der Waals surface area contributed by atoms with E-state index in [9.17, 15) is 4.79 Å². The van der Waals surface area contributed by atoms with E-state index in [4.69, 9.17) is 0 Å². The lowest BCUT2D eigenvalue weighted by atomic mass is 9.49. The van der Waals surface area contributed by atoms with Gasteiger partial charge in [-0.1, -0.05) is 6.07 Å². The number of nitrogens with one attached hydrogen (secondary N) is 1. The van der Waals surface area contributed by atoms with Crippen molar-refractivity contribution >= 4 is 5.91 Å². The van der Waals surface area contributed by atoms with Gasteiger partial charge in [0.05, 0.1) is 5.54 Å². The average molecular weight is 298 g/mol. The van der Waals surface area contributed by atoms with E-state index < -0.39 is 0 Å². The van der Waals surface area contributed by atoms with Crippen molar-refractivity contribution in [2.24, 2.45) is 23.2 Å². The zero-order valence-electron chi connectivity index (χ0n) is 13.6. The number of carbonyl (C=O) groups excluding carboxylic acids is 1. The highest BCUT2D eigenvalue weighted by Crippen LogP contribution is 2.60. The Bertz CT molecular complexity index is 543. The van der Waals surface area contributed by atoms with Crippen LogP contribution < -0.4 is 5.32 Å². The van der Waals surface area contributed by atoms with E-state index >= 15 is 0 Å². The molecule has 0 aromatic carbocycles. The van der Waals surface area contributed by atoms with Gasteiger partial charge in [-0.05, 0) is 81.8 Å². The Morgan fingerprint density at radius 1 is 1.18 bits per heavy atom. The Morgan fingerprint density at radius 2 is 1.77 bits per heavy atom. The fourth-order valence-corrected chi connectivity index (χ4v) is 5.61. The summed E-state index contributed by atoms with van der Waals surface area (Å²) >= 11 is 0. The Balaban J connectivity index is 1.55. The molecular weight excluding hydrogens is 272 g/mol. The maximum Gasteiger partial charge on any atom is 0.226 e. The molecule has 4 bridgehead atoms. The van der Waals surface area contributed by atoms with Crippen LogP contribution in [0.2, 0.25) is 0 Å². The molecule has 0 saturated heterocycles. The van der Waals surface area contributed by atoms with Crippen LogP contribution in [-0.2, 0) is 10.3 Å². The van der Waals surface area contributed by atoms with E-state index in [2.05, 4.69) is 24.1 Å². The maximum absolute atomic E-state index is 13.2. The Hall–Kier alpha value is -1.38. The van der Waals surface area contributed by atoms with Gasteiger partial charge in [-0.2, -0.15) is 0 Å². The predicted octanol–water partition coefficient (Wildman–Crippen LogP) is 3.65. The largest absolute Gasteiger partial charge is 0.347 e. The Labute approximate surface area is 132 Å². The second-order valence-corrected chi connectivity index (χ2v) is 8.52. The maximum atomic E-state index is 13.2. The molecule has 0 radical (unpaired) electrons. The van der Waals surface area contributed by atoms with Crippen LogP contribution in [0.5, 0.6) is 0 Å². The lowest BCUT2D eigenvalue weighted by Crippen LogP contribution is -2.56. The first-order valence-electron chi connectivity index (χ1n) is 8.70. The number of hydrogen-bond donors (Lipinski definition) is 1. The van der Waals surface area contributed by atoms with Gasteiger partial charge in [-0.25, -0.2) is 0 Å². The average Bonchev–Trinajstić information content (AvgIpc) is 2.46. The number of nitrogens with zero attached hydrogens (tertiary/aromatic N) is 1. The Morgan fingerprint density at radius 3 is 2.27 bits per heavy atom. The van der Waals surface area contributed by atoms with Crippen molar-refractivity contribution in [3.05, 3.63) is 30.1 Å². The van der Waals surface area contributed by atoms with Crippen LogP contribution >= 0.6 is 0 Å². The number of rotatable bonds is 3. The molecule has 4 aliphatic carbocycles. The van der Waals surface area contributed by atoms with E-state index in [0.29, 0.717) is 5.91 Å². The lowest BCUT2D eigenvalue weighted by Gasteiger charge is -2.56. The van der Waals surface area contributed by atoms with E-state index in [1.54, 1.807) is 6.20 Å². The Kier molecular flexibility index (Phi) is 3.11. The molecule has 5 rings (SSSR count). The van der Waals surface area contributed by atoms with Crippen LogP contribution in [-0.4, -0.2) is 10.9 Å². The summed E-state index contributed by atoms with van der Waals surface area (Å²) in [6, 6.07) is 3.99. The second kappa shape index (κ2) is 4.81. The fraction of sp³-hybridized carbons (Fsp3) is 0.684. The van der Waals surface area contributed by atoms with Gasteiger partial charge in [-0.3, -0.25) is 9.78 Å². The summed E-state index contributed by atoms with van der Waals surface area (Å²) < 4.78 is 0. The van der Waals surface area contributed by atoms with Crippen molar-refractivity contribution in [1.82, 2.24) is 10.3 Å². The van der Waals surface area contributed by atoms with Crippen LogP contribution in [0, 0.1) is 23.2 Å². The van der Waals surface area contributed by atoms with E-state index in [-0.39, 0.29) is 11.0 Å². The third-order valence-electron chi connectivity index (χ3n) is 6.33. The summed E-state index contributed by atoms with van der Waals surface area (Å²) in [4.78, 5) is 17.4. The zero-order chi connectivity index (χ0) is 15.4. The smallest absolute Gasteiger partial charge is 0.226 e. The lowest BCUT2D eigenvalue weighted by molar-refractivity contribution is -0.148. The molecular formula is C19H26N2O. The van der Waals surface area contributed by atoms with Gasteiger partial charge in [0.1, 0.15) is 0 Å². The van der Waals surface area contributed by atoms with E-state index in [0.717, 1.165) is 42.6 Å².